The number of aliphatic hydroxyl groups is 1. The minimum Gasteiger partial charge on any atom is -0.465 e. The molecule has 0 heterocycles. The highest BCUT2D eigenvalue weighted by atomic mass is 16.6. The first kappa shape index (κ1) is 34.5. The average molecular weight is 619 g/mol. The molecule has 0 aliphatic heterocycles. The minimum atomic E-state index is -0.702. The van der Waals surface area contributed by atoms with Gasteiger partial charge in [-0.1, -0.05) is 52.5 Å². The fraction of sp³-hybridized carbons (Fsp3) is 0.829. The van der Waals surface area contributed by atoms with Gasteiger partial charge in [0.2, 0.25) is 0 Å². The Morgan fingerprint density at radius 3 is 2.09 bits per heavy atom. The number of hydrogen-bond donors (Lipinski definition) is 1. The van der Waals surface area contributed by atoms with Crippen molar-refractivity contribution in [3.8, 4) is 0 Å². The molecule has 0 saturated heterocycles. The second-order valence-electron chi connectivity index (χ2n) is 14.7. The summed E-state index contributed by atoms with van der Waals surface area (Å²) in [5, 5.41) is 10.8. The molecule has 3 saturated carbocycles. The Morgan fingerprint density at radius 1 is 0.864 bits per heavy atom. The van der Waals surface area contributed by atoms with Gasteiger partial charge in [0.25, 0.3) is 0 Å². The Bertz CT molecular complexity index is 1130. The van der Waals surface area contributed by atoms with E-state index in [9.17, 15) is 24.3 Å². The number of ether oxygens (including phenoxy) is 4. The van der Waals surface area contributed by atoms with Gasteiger partial charge in [-0.25, -0.2) is 0 Å². The molecule has 0 amide bonds. The molecule has 9 heteroatoms. The summed E-state index contributed by atoms with van der Waals surface area (Å²) in [7, 11) is 0. The second kappa shape index (κ2) is 13.5. The predicted molar refractivity (Wildman–Crippen MR) is 163 cm³/mol. The van der Waals surface area contributed by atoms with Crippen molar-refractivity contribution in [2.45, 2.75) is 131 Å². The van der Waals surface area contributed by atoms with Crippen LogP contribution in [0, 0.1) is 46.3 Å². The predicted octanol–water partition coefficient (Wildman–Crippen LogP) is 5.56. The summed E-state index contributed by atoms with van der Waals surface area (Å²) >= 11 is 0. The SMILES string of the molecule is CC(=O)OC[C@]12C(CC[C@@H]1C(C)CCCC(C)C)C1C(C[C@H]2OC(C)=O)[C@]2(C)C(=C[C@@H]1OC(C)=O)C[C@@H](O)C[C@H]2OC(C)=O. The number of carbonyl (C=O) groups is 4. The smallest absolute Gasteiger partial charge is 0.303 e. The van der Waals surface area contributed by atoms with E-state index in [0.29, 0.717) is 31.1 Å². The van der Waals surface area contributed by atoms with E-state index < -0.39 is 53.2 Å². The summed E-state index contributed by atoms with van der Waals surface area (Å²) in [4.78, 5) is 50.0. The Balaban J connectivity index is 1.88. The third-order valence-corrected chi connectivity index (χ3v) is 11.6. The zero-order valence-electron chi connectivity index (χ0n) is 27.9. The van der Waals surface area contributed by atoms with Gasteiger partial charge in [-0.2, -0.15) is 0 Å². The van der Waals surface area contributed by atoms with Crippen molar-refractivity contribution in [2.75, 3.05) is 6.61 Å². The summed E-state index contributed by atoms with van der Waals surface area (Å²) in [5.41, 5.74) is -0.430. The van der Waals surface area contributed by atoms with Crippen LogP contribution in [0.15, 0.2) is 11.6 Å². The molecule has 3 fully saturated rings. The zero-order chi connectivity index (χ0) is 32.6. The van der Waals surface area contributed by atoms with E-state index >= 15 is 0 Å². The Labute approximate surface area is 262 Å². The van der Waals surface area contributed by atoms with Gasteiger partial charge in [-0.15, -0.1) is 0 Å². The second-order valence-corrected chi connectivity index (χ2v) is 14.7. The third-order valence-electron chi connectivity index (χ3n) is 11.6. The normalized spacial score (nSPS) is 38.4. The van der Waals surface area contributed by atoms with Crippen molar-refractivity contribution >= 4 is 23.9 Å². The number of carbonyl (C=O) groups excluding carboxylic acids is 4. The van der Waals surface area contributed by atoms with Gasteiger partial charge >= 0.3 is 23.9 Å². The van der Waals surface area contributed by atoms with Crippen molar-refractivity contribution in [3.05, 3.63) is 11.6 Å². The maximum Gasteiger partial charge on any atom is 0.303 e. The topological polar surface area (TPSA) is 125 Å². The molecule has 0 bridgehead atoms. The van der Waals surface area contributed by atoms with Gasteiger partial charge in [0.1, 0.15) is 24.9 Å². The van der Waals surface area contributed by atoms with E-state index in [2.05, 4.69) is 27.7 Å². The Morgan fingerprint density at radius 2 is 1.50 bits per heavy atom. The van der Waals surface area contributed by atoms with E-state index in [1.807, 2.05) is 6.08 Å². The molecule has 0 aromatic heterocycles. The number of fused-ring (bicyclic) bond motifs is 5. The highest BCUT2D eigenvalue weighted by molar-refractivity contribution is 5.68. The van der Waals surface area contributed by atoms with Crippen LogP contribution >= 0.6 is 0 Å². The average Bonchev–Trinajstić information content (AvgIpc) is 3.29. The minimum absolute atomic E-state index is 0.0914. The van der Waals surface area contributed by atoms with Gasteiger partial charge < -0.3 is 24.1 Å². The lowest BCUT2D eigenvalue weighted by Crippen LogP contribution is -2.65. The molecule has 4 aliphatic rings. The summed E-state index contributed by atoms with van der Waals surface area (Å²) < 4.78 is 24.2. The molecule has 1 N–H and O–H groups in total. The molecule has 4 unspecified atom stereocenters. The first-order valence-electron chi connectivity index (χ1n) is 16.6. The molecule has 0 aromatic carbocycles. The van der Waals surface area contributed by atoms with Gasteiger partial charge in [0.15, 0.2) is 0 Å². The lowest BCUT2D eigenvalue weighted by atomic mass is 9.44. The van der Waals surface area contributed by atoms with E-state index in [1.165, 1.54) is 27.7 Å². The number of esters is 4. The zero-order valence-corrected chi connectivity index (χ0v) is 27.9. The molecule has 0 spiro atoms. The maximum absolute atomic E-state index is 12.8. The van der Waals surface area contributed by atoms with E-state index in [1.54, 1.807) is 0 Å². The number of rotatable bonds is 10. The van der Waals surface area contributed by atoms with Gasteiger partial charge in [0, 0.05) is 50.9 Å². The van der Waals surface area contributed by atoms with Crippen LogP contribution in [0.3, 0.4) is 0 Å². The molecule has 11 atom stereocenters. The summed E-state index contributed by atoms with van der Waals surface area (Å²) in [5.74, 6) is -1.03. The molecular formula is C35H54O9. The van der Waals surface area contributed by atoms with Gasteiger partial charge in [-0.3, -0.25) is 19.2 Å². The van der Waals surface area contributed by atoms with Crippen molar-refractivity contribution in [3.63, 3.8) is 0 Å². The molecule has 4 aliphatic carbocycles. The van der Waals surface area contributed by atoms with Gasteiger partial charge in [-0.05, 0) is 61.3 Å². The van der Waals surface area contributed by atoms with Crippen molar-refractivity contribution in [2.24, 2.45) is 46.3 Å². The summed E-state index contributed by atoms with van der Waals surface area (Å²) in [6, 6.07) is 0. The lowest BCUT2D eigenvalue weighted by Gasteiger charge is -2.62. The summed E-state index contributed by atoms with van der Waals surface area (Å²) in [6.45, 7) is 14.5. The number of hydrogen-bond acceptors (Lipinski definition) is 9. The molecule has 9 nitrogen and oxygen atoms in total. The van der Waals surface area contributed by atoms with Crippen LogP contribution in [0.1, 0.15) is 107 Å². The monoisotopic (exact) mass is 618 g/mol. The Hall–Kier alpha value is -2.42. The molecule has 44 heavy (non-hydrogen) atoms. The van der Waals surface area contributed by atoms with Crippen LogP contribution in [0.2, 0.25) is 0 Å². The van der Waals surface area contributed by atoms with Crippen LogP contribution in [0.4, 0.5) is 0 Å². The van der Waals surface area contributed by atoms with Gasteiger partial charge in [0.05, 0.1) is 6.10 Å². The standard InChI is InChI=1S/C35H54O9/c1-19(2)10-9-11-20(3)27-12-13-28-33-29(17-32(44-24(7)39)35(27,28)18-41-21(4)36)34(8)25(15-30(33)42-22(5)37)14-26(40)16-31(34)43-23(6)38/h15,19-20,26-33,40H,9-14,16-18H2,1-8H3/t20?,26-,27-,28?,29?,30+,31-,32-,33?,34+,35-/m1/s1. The van der Waals surface area contributed by atoms with E-state index in [4.69, 9.17) is 18.9 Å². The van der Waals surface area contributed by atoms with Crippen LogP contribution < -0.4 is 0 Å². The fourth-order valence-corrected chi connectivity index (χ4v) is 9.91. The lowest BCUT2D eigenvalue weighted by molar-refractivity contribution is -0.219. The van der Waals surface area contributed by atoms with E-state index in [-0.39, 0.29) is 36.2 Å². The first-order chi connectivity index (χ1) is 20.6. The van der Waals surface area contributed by atoms with Crippen LogP contribution in [-0.4, -0.2) is 60.0 Å². The van der Waals surface area contributed by atoms with Crippen LogP contribution in [0.5, 0.6) is 0 Å². The molecular weight excluding hydrogens is 564 g/mol. The first-order valence-corrected chi connectivity index (χ1v) is 16.6. The van der Waals surface area contributed by atoms with Crippen molar-refractivity contribution < 1.29 is 43.2 Å². The highest BCUT2D eigenvalue weighted by Gasteiger charge is 2.70. The number of aliphatic hydroxyl groups excluding tert-OH is 1. The highest BCUT2D eigenvalue weighted by Crippen LogP contribution is 2.68. The quantitative estimate of drug-likeness (QED) is 0.190. The third kappa shape index (κ3) is 6.59. The van der Waals surface area contributed by atoms with Crippen molar-refractivity contribution in [1.29, 1.82) is 0 Å². The van der Waals surface area contributed by atoms with Crippen LogP contribution in [0.25, 0.3) is 0 Å². The fourth-order valence-electron chi connectivity index (χ4n) is 9.91. The van der Waals surface area contributed by atoms with E-state index in [0.717, 1.165) is 37.7 Å². The summed E-state index contributed by atoms with van der Waals surface area (Å²) in [6.07, 6.45) is 5.60. The molecule has 4 rings (SSSR count). The molecule has 0 radical (unpaired) electrons. The van der Waals surface area contributed by atoms with Crippen molar-refractivity contribution in [1.82, 2.24) is 0 Å². The maximum atomic E-state index is 12.8. The Kier molecular flexibility index (Phi) is 10.6. The van der Waals surface area contributed by atoms with Crippen LogP contribution in [-0.2, 0) is 38.1 Å². The molecule has 0 aromatic rings. The largest absolute Gasteiger partial charge is 0.465 e. The molecule has 248 valence electrons.